The number of rotatable bonds is 2. The molecule has 0 saturated carbocycles. The van der Waals surface area contributed by atoms with Crippen molar-refractivity contribution in [2.24, 2.45) is 5.11 Å². The Hall–Kier alpha value is -2.48. The zero-order valence-electron chi connectivity index (χ0n) is 5.99. The molecule has 1 N–H and O–H groups in total. The number of nitrogens with zero attached hydrogens (tertiary/aromatic N) is 8. The van der Waals surface area contributed by atoms with Crippen LogP contribution in [0.5, 0.6) is 0 Å². The van der Waals surface area contributed by atoms with Crippen LogP contribution in [0.1, 0.15) is 0 Å². The van der Waals surface area contributed by atoms with Gasteiger partial charge in [0.25, 0.3) is 0 Å². The van der Waals surface area contributed by atoms with Crippen LogP contribution >= 0.6 is 0 Å². The summed E-state index contributed by atoms with van der Waals surface area (Å²) in [6.07, 6.45) is 0. The SMILES string of the molecule is [N-]=[N+]=Nc1nonc1-c1nn[nH]n1. The largest absolute Gasteiger partial charge is 0.243 e. The molecule has 0 amide bonds. The maximum absolute atomic E-state index is 8.14. The molecule has 10 nitrogen and oxygen atoms in total. The Kier molecular flexibility index (Phi) is 1.59. The number of nitrogens with one attached hydrogen (secondary N) is 1. The van der Waals surface area contributed by atoms with Crippen molar-refractivity contribution in [3.63, 3.8) is 0 Å². The van der Waals surface area contributed by atoms with Gasteiger partial charge in [-0.1, -0.05) is 0 Å². The molecule has 10 heteroatoms. The molecule has 0 spiro atoms. The molecule has 0 radical (unpaired) electrons. The first-order valence-corrected chi connectivity index (χ1v) is 3.03. The minimum Gasteiger partial charge on any atom is -0.243 e. The molecular weight excluding hydrogens is 178 g/mol. The van der Waals surface area contributed by atoms with E-state index in [1.54, 1.807) is 0 Å². The third-order valence-electron chi connectivity index (χ3n) is 1.17. The van der Waals surface area contributed by atoms with Crippen LogP contribution in [0.3, 0.4) is 0 Å². The van der Waals surface area contributed by atoms with E-state index < -0.39 is 0 Å². The van der Waals surface area contributed by atoms with Gasteiger partial charge in [-0.25, -0.2) is 4.63 Å². The number of azide groups is 1. The molecule has 2 rings (SSSR count). The monoisotopic (exact) mass is 179 g/mol. The molecule has 0 atom stereocenters. The minimum absolute atomic E-state index is 0.0242. The average Bonchev–Trinajstić information content (AvgIpc) is 2.71. The van der Waals surface area contributed by atoms with Crippen molar-refractivity contribution >= 4 is 5.82 Å². The van der Waals surface area contributed by atoms with E-state index in [-0.39, 0.29) is 17.3 Å². The van der Waals surface area contributed by atoms with E-state index in [2.05, 4.69) is 45.6 Å². The second-order valence-corrected chi connectivity index (χ2v) is 1.86. The van der Waals surface area contributed by atoms with Crippen LogP contribution in [0.15, 0.2) is 9.74 Å². The van der Waals surface area contributed by atoms with Crippen LogP contribution in [0.2, 0.25) is 0 Å². The smallest absolute Gasteiger partial charge is 0.228 e. The average molecular weight is 179 g/mol. The normalized spacial score (nSPS) is 9.54. The lowest BCUT2D eigenvalue weighted by molar-refractivity contribution is 0.309. The highest BCUT2D eigenvalue weighted by Crippen LogP contribution is 2.21. The van der Waals surface area contributed by atoms with E-state index in [9.17, 15) is 0 Å². The van der Waals surface area contributed by atoms with Gasteiger partial charge in [-0.3, -0.25) is 0 Å². The van der Waals surface area contributed by atoms with Gasteiger partial charge in [-0.15, -0.1) is 10.2 Å². The molecular formula is C3HN9O. The predicted octanol–water partition coefficient (Wildman–Crippen LogP) is 0.191. The predicted molar refractivity (Wildman–Crippen MR) is 36.3 cm³/mol. The molecule has 2 aromatic rings. The van der Waals surface area contributed by atoms with Crippen molar-refractivity contribution in [2.75, 3.05) is 0 Å². The molecule has 0 aliphatic carbocycles. The fraction of sp³-hybridized carbons (Fsp3) is 0. The number of hydrogen-bond donors (Lipinski definition) is 1. The molecule has 2 aromatic heterocycles. The topological polar surface area (TPSA) is 142 Å². The number of H-pyrrole nitrogens is 1. The second-order valence-electron chi connectivity index (χ2n) is 1.86. The number of tetrazole rings is 1. The van der Waals surface area contributed by atoms with Gasteiger partial charge in [0.15, 0.2) is 5.69 Å². The van der Waals surface area contributed by atoms with Gasteiger partial charge in [-0.05, 0) is 26.2 Å². The van der Waals surface area contributed by atoms with Crippen molar-refractivity contribution in [1.82, 2.24) is 30.9 Å². The summed E-state index contributed by atoms with van der Waals surface area (Å²) in [5.74, 6) is 0.132. The number of aromatic amines is 1. The van der Waals surface area contributed by atoms with E-state index in [1.165, 1.54) is 0 Å². The Morgan fingerprint density at radius 3 is 3.08 bits per heavy atom. The molecule has 0 aliphatic rings. The molecule has 0 aromatic carbocycles. The minimum atomic E-state index is -0.0242. The maximum atomic E-state index is 8.14. The summed E-state index contributed by atoms with van der Waals surface area (Å²) < 4.78 is 4.34. The van der Waals surface area contributed by atoms with Gasteiger partial charge in [-0.2, -0.15) is 5.21 Å². The highest BCUT2D eigenvalue weighted by Gasteiger charge is 2.14. The summed E-state index contributed by atoms with van der Waals surface area (Å²) in [5, 5.41) is 22.7. The van der Waals surface area contributed by atoms with E-state index in [4.69, 9.17) is 5.53 Å². The molecule has 0 fully saturated rings. The van der Waals surface area contributed by atoms with Crippen LogP contribution in [-0.2, 0) is 0 Å². The van der Waals surface area contributed by atoms with Gasteiger partial charge in [0.1, 0.15) is 0 Å². The van der Waals surface area contributed by atoms with Gasteiger partial charge >= 0.3 is 0 Å². The summed E-state index contributed by atoms with van der Waals surface area (Å²) in [5.41, 5.74) is 8.29. The lowest BCUT2D eigenvalue weighted by Gasteiger charge is -1.81. The molecule has 0 bridgehead atoms. The summed E-state index contributed by atoms with van der Waals surface area (Å²) in [6.45, 7) is 0. The van der Waals surface area contributed by atoms with Crippen LogP contribution in [0, 0.1) is 0 Å². The molecule has 0 aliphatic heterocycles. The highest BCUT2D eigenvalue weighted by molar-refractivity contribution is 5.60. The van der Waals surface area contributed by atoms with Crippen molar-refractivity contribution in [3.8, 4) is 11.5 Å². The Labute approximate surface area is 69.5 Å². The summed E-state index contributed by atoms with van der Waals surface area (Å²) in [4.78, 5) is 2.53. The summed E-state index contributed by atoms with van der Waals surface area (Å²) in [6, 6.07) is 0. The van der Waals surface area contributed by atoms with Crippen molar-refractivity contribution in [1.29, 1.82) is 0 Å². The van der Waals surface area contributed by atoms with Crippen molar-refractivity contribution in [3.05, 3.63) is 10.4 Å². The fourth-order valence-corrected chi connectivity index (χ4v) is 0.695. The van der Waals surface area contributed by atoms with Crippen molar-refractivity contribution in [2.45, 2.75) is 0 Å². The van der Waals surface area contributed by atoms with Gasteiger partial charge < -0.3 is 0 Å². The van der Waals surface area contributed by atoms with Gasteiger partial charge in [0, 0.05) is 4.91 Å². The summed E-state index contributed by atoms with van der Waals surface area (Å²) >= 11 is 0. The van der Waals surface area contributed by atoms with Crippen LogP contribution in [0.25, 0.3) is 22.0 Å². The molecule has 64 valence electrons. The highest BCUT2D eigenvalue weighted by atomic mass is 16.6. The zero-order chi connectivity index (χ0) is 9.10. The first-order valence-electron chi connectivity index (χ1n) is 3.03. The van der Waals surface area contributed by atoms with Crippen molar-refractivity contribution < 1.29 is 4.63 Å². The lowest BCUT2D eigenvalue weighted by Crippen LogP contribution is -1.80. The third-order valence-corrected chi connectivity index (χ3v) is 1.17. The third kappa shape index (κ3) is 1.16. The zero-order valence-corrected chi connectivity index (χ0v) is 5.99. The Bertz CT molecular complexity index is 435. The molecule has 0 saturated heterocycles. The fourth-order valence-electron chi connectivity index (χ4n) is 0.695. The Balaban J connectivity index is 2.52. The maximum Gasteiger partial charge on any atom is 0.228 e. The van der Waals surface area contributed by atoms with E-state index in [0.717, 1.165) is 0 Å². The standard InChI is InChI=1S/C3HN9O/c4-10-5-3-1(8-13-9-3)2-6-11-12-7-2/h(H,6,7,11,12). The first-order chi connectivity index (χ1) is 6.42. The van der Waals surface area contributed by atoms with Gasteiger partial charge in [0.2, 0.25) is 11.6 Å². The molecule has 0 unspecified atom stereocenters. The van der Waals surface area contributed by atoms with E-state index in [0.29, 0.717) is 0 Å². The van der Waals surface area contributed by atoms with Crippen LogP contribution < -0.4 is 0 Å². The Morgan fingerprint density at radius 2 is 2.38 bits per heavy atom. The van der Waals surface area contributed by atoms with E-state index >= 15 is 0 Å². The van der Waals surface area contributed by atoms with Crippen LogP contribution in [0.4, 0.5) is 5.82 Å². The molecule has 13 heavy (non-hydrogen) atoms. The summed E-state index contributed by atoms with van der Waals surface area (Å²) in [7, 11) is 0. The number of hydrogen-bond acceptors (Lipinski definition) is 7. The lowest BCUT2D eigenvalue weighted by atomic mass is 10.4. The molecule has 2 heterocycles. The van der Waals surface area contributed by atoms with Gasteiger partial charge in [0.05, 0.1) is 0 Å². The Morgan fingerprint density at radius 1 is 1.46 bits per heavy atom. The van der Waals surface area contributed by atoms with Crippen LogP contribution in [-0.4, -0.2) is 30.9 Å². The van der Waals surface area contributed by atoms with E-state index in [1.807, 2.05) is 0 Å². The first kappa shape index (κ1) is 7.18. The number of aromatic nitrogens is 6. The quantitative estimate of drug-likeness (QED) is 0.396. The second kappa shape index (κ2) is 2.87.